The Balaban J connectivity index is 3.14. The molecule has 3 N–H and O–H groups in total. The second kappa shape index (κ2) is 5.38. The van der Waals surface area contributed by atoms with Gasteiger partial charge in [-0.15, -0.1) is 0 Å². The van der Waals surface area contributed by atoms with Gasteiger partial charge in [-0.05, 0) is 23.1 Å². The van der Waals surface area contributed by atoms with Gasteiger partial charge in [-0.25, -0.2) is 0 Å². The van der Waals surface area contributed by atoms with Gasteiger partial charge in [0.2, 0.25) is 0 Å². The normalized spacial score (nSPS) is 13.3. The van der Waals surface area contributed by atoms with Gasteiger partial charge in [0.05, 0.1) is 20.3 Å². The lowest BCUT2D eigenvalue weighted by molar-refractivity contribution is 0.274. The maximum Gasteiger partial charge on any atom is 0.161 e. The van der Waals surface area contributed by atoms with E-state index in [0.717, 1.165) is 17.1 Å². The molecule has 96 valence electrons. The van der Waals surface area contributed by atoms with Gasteiger partial charge in [0.1, 0.15) is 0 Å². The molecule has 0 heterocycles. The number of ether oxygens (including phenoxy) is 2. The zero-order chi connectivity index (χ0) is 13.1. The molecule has 0 saturated heterocycles. The number of hydrogen-bond donors (Lipinski definition) is 2. The van der Waals surface area contributed by atoms with Crippen molar-refractivity contribution in [3.63, 3.8) is 0 Å². The van der Waals surface area contributed by atoms with Crippen molar-refractivity contribution in [2.45, 2.75) is 26.8 Å². The molecule has 1 aromatic carbocycles. The lowest BCUT2D eigenvalue weighted by atomic mass is 9.83. The summed E-state index contributed by atoms with van der Waals surface area (Å²) >= 11 is 0. The van der Waals surface area contributed by atoms with Crippen LogP contribution in [0.2, 0.25) is 0 Å². The average Bonchev–Trinajstić information content (AvgIpc) is 2.27. The number of nitrogens with one attached hydrogen (secondary N) is 1. The zero-order valence-corrected chi connectivity index (χ0v) is 11.2. The fourth-order valence-electron chi connectivity index (χ4n) is 1.88. The predicted molar refractivity (Wildman–Crippen MR) is 69.1 cm³/mol. The lowest BCUT2D eigenvalue weighted by Gasteiger charge is -2.30. The van der Waals surface area contributed by atoms with Crippen LogP contribution in [0.5, 0.6) is 11.5 Å². The van der Waals surface area contributed by atoms with E-state index in [9.17, 15) is 0 Å². The summed E-state index contributed by atoms with van der Waals surface area (Å²) in [5.74, 6) is 7.07. The van der Waals surface area contributed by atoms with E-state index in [2.05, 4.69) is 26.2 Å². The Kier molecular flexibility index (Phi) is 4.37. The van der Waals surface area contributed by atoms with Gasteiger partial charge in [0.15, 0.2) is 11.5 Å². The van der Waals surface area contributed by atoms with Crippen LogP contribution in [0.1, 0.15) is 32.4 Å². The number of nitrogens with two attached hydrogens (primary N) is 1. The van der Waals surface area contributed by atoms with Crippen LogP contribution in [0.4, 0.5) is 0 Å². The second-order valence-corrected chi connectivity index (χ2v) is 5.08. The van der Waals surface area contributed by atoms with Crippen LogP contribution >= 0.6 is 0 Å². The van der Waals surface area contributed by atoms with Gasteiger partial charge in [-0.3, -0.25) is 11.3 Å². The van der Waals surface area contributed by atoms with Crippen molar-refractivity contribution >= 4 is 0 Å². The molecule has 0 aliphatic rings. The monoisotopic (exact) mass is 238 g/mol. The fraction of sp³-hybridized carbons (Fsp3) is 0.538. The van der Waals surface area contributed by atoms with Gasteiger partial charge in [-0.1, -0.05) is 26.8 Å². The zero-order valence-electron chi connectivity index (χ0n) is 11.2. The number of hydrazine groups is 1. The van der Waals surface area contributed by atoms with Crippen LogP contribution in [0.3, 0.4) is 0 Å². The highest BCUT2D eigenvalue weighted by molar-refractivity contribution is 5.44. The van der Waals surface area contributed by atoms with E-state index in [0.29, 0.717) is 0 Å². The standard InChI is InChI=1S/C13H22N2O2/c1-13(2,3)12(15-14)9-6-7-10(16-4)11(8-9)17-5/h6-8,12,15H,14H2,1-5H3. The first-order valence-electron chi connectivity index (χ1n) is 5.62. The number of methoxy groups -OCH3 is 2. The van der Waals surface area contributed by atoms with Crippen molar-refractivity contribution in [1.82, 2.24) is 5.43 Å². The predicted octanol–water partition coefficient (Wildman–Crippen LogP) is 2.25. The van der Waals surface area contributed by atoms with E-state index in [1.807, 2.05) is 18.2 Å². The van der Waals surface area contributed by atoms with E-state index in [4.69, 9.17) is 15.3 Å². The van der Waals surface area contributed by atoms with Crippen molar-refractivity contribution in [3.8, 4) is 11.5 Å². The third-order valence-corrected chi connectivity index (χ3v) is 2.77. The molecule has 1 atom stereocenters. The molecule has 0 radical (unpaired) electrons. The number of benzene rings is 1. The molecular weight excluding hydrogens is 216 g/mol. The topological polar surface area (TPSA) is 56.5 Å². The molecule has 17 heavy (non-hydrogen) atoms. The fourth-order valence-corrected chi connectivity index (χ4v) is 1.88. The maximum absolute atomic E-state index is 5.63. The molecule has 0 amide bonds. The number of rotatable bonds is 4. The highest BCUT2D eigenvalue weighted by Gasteiger charge is 2.25. The van der Waals surface area contributed by atoms with Crippen LogP contribution in [-0.4, -0.2) is 14.2 Å². The summed E-state index contributed by atoms with van der Waals surface area (Å²) in [6, 6.07) is 5.90. The quantitative estimate of drug-likeness (QED) is 0.624. The molecule has 0 fully saturated rings. The molecule has 0 saturated carbocycles. The summed E-state index contributed by atoms with van der Waals surface area (Å²) in [7, 11) is 3.25. The van der Waals surface area contributed by atoms with Crippen LogP contribution < -0.4 is 20.7 Å². The Hall–Kier alpha value is -1.26. The van der Waals surface area contributed by atoms with Crippen LogP contribution in [-0.2, 0) is 0 Å². The first-order chi connectivity index (χ1) is 7.93. The molecule has 0 aliphatic heterocycles. The van der Waals surface area contributed by atoms with Crippen molar-refractivity contribution < 1.29 is 9.47 Å². The Morgan fingerprint density at radius 2 is 1.71 bits per heavy atom. The maximum atomic E-state index is 5.63. The van der Waals surface area contributed by atoms with Crippen LogP contribution in [0.15, 0.2) is 18.2 Å². The van der Waals surface area contributed by atoms with E-state index in [-0.39, 0.29) is 11.5 Å². The molecule has 0 bridgehead atoms. The highest BCUT2D eigenvalue weighted by atomic mass is 16.5. The van der Waals surface area contributed by atoms with Gasteiger partial charge in [0.25, 0.3) is 0 Å². The highest BCUT2D eigenvalue weighted by Crippen LogP contribution is 2.36. The summed E-state index contributed by atoms with van der Waals surface area (Å²) in [6.45, 7) is 6.40. The van der Waals surface area contributed by atoms with E-state index < -0.39 is 0 Å². The minimum atomic E-state index is 0.0222. The average molecular weight is 238 g/mol. The molecule has 1 rings (SSSR count). The third kappa shape index (κ3) is 3.11. The Morgan fingerprint density at radius 1 is 1.12 bits per heavy atom. The van der Waals surface area contributed by atoms with E-state index in [1.54, 1.807) is 14.2 Å². The minimum Gasteiger partial charge on any atom is -0.493 e. The molecule has 4 heteroatoms. The van der Waals surface area contributed by atoms with E-state index >= 15 is 0 Å². The number of hydrogen-bond acceptors (Lipinski definition) is 4. The van der Waals surface area contributed by atoms with Gasteiger partial charge < -0.3 is 9.47 Å². The van der Waals surface area contributed by atoms with Gasteiger partial charge in [0, 0.05) is 0 Å². The summed E-state index contributed by atoms with van der Waals surface area (Å²) in [5, 5.41) is 0. The van der Waals surface area contributed by atoms with Gasteiger partial charge >= 0.3 is 0 Å². The first-order valence-corrected chi connectivity index (χ1v) is 5.62. The summed E-state index contributed by atoms with van der Waals surface area (Å²) in [4.78, 5) is 0. The van der Waals surface area contributed by atoms with E-state index in [1.165, 1.54) is 0 Å². The molecule has 0 spiro atoms. The molecule has 0 aromatic heterocycles. The molecule has 1 unspecified atom stereocenters. The van der Waals surface area contributed by atoms with Crippen molar-refractivity contribution in [2.24, 2.45) is 11.3 Å². The third-order valence-electron chi connectivity index (χ3n) is 2.77. The Labute approximate surface area is 103 Å². The molecule has 4 nitrogen and oxygen atoms in total. The molecule has 1 aromatic rings. The lowest BCUT2D eigenvalue weighted by Crippen LogP contribution is -2.36. The van der Waals surface area contributed by atoms with Crippen LogP contribution in [0.25, 0.3) is 0 Å². The Morgan fingerprint density at radius 3 is 2.12 bits per heavy atom. The molecule has 0 aliphatic carbocycles. The Bertz CT molecular complexity index is 372. The van der Waals surface area contributed by atoms with Crippen molar-refractivity contribution in [1.29, 1.82) is 0 Å². The van der Waals surface area contributed by atoms with Crippen molar-refractivity contribution in [2.75, 3.05) is 14.2 Å². The van der Waals surface area contributed by atoms with Crippen molar-refractivity contribution in [3.05, 3.63) is 23.8 Å². The minimum absolute atomic E-state index is 0.0222. The smallest absolute Gasteiger partial charge is 0.161 e. The SMILES string of the molecule is COc1ccc(C(NN)C(C)(C)C)cc1OC. The second-order valence-electron chi connectivity index (χ2n) is 5.08. The summed E-state index contributed by atoms with van der Waals surface area (Å²) in [5.41, 5.74) is 3.95. The van der Waals surface area contributed by atoms with Gasteiger partial charge in [-0.2, -0.15) is 0 Å². The molecular formula is C13H22N2O2. The largest absolute Gasteiger partial charge is 0.493 e. The summed E-state index contributed by atoms with van der Waals surface area (Å²) in [6.07, 6.45) is 0. The van der Waals surface area contributed by atoms with Crippen LogP contribution in [0, 0.1) is 5.41 Å². The first kappa shape index (κ1) is 13.8. The summed E-state index contributed by atoms with van der Waals surface area (Å²) < 4.78 is 10.5.